The molecule has 3 atom stereocenters. The molecule has 1 aliphatic heterocycles. The largest absolute Gasteiger partial charge is 0.491 e. The van der Waals surface area contributed by atoms with Crippen molar-refractivity contribution in [1.82, 2.24) is 9.80 Å². The van der Waals surface area contributed by atoms with Gasteiger partial charge in [-0.25, -0.2) is 4.39 Å². The summed E-state index contributed by atoms with van der Waals surface area (Å²) in [7, 11) is 3.27. The molecule has 0 aromatic heterocycles. The highest BCUT2D eigenvalue weighted by Crippen LogP contribution is 2.27. The average molecular weight is 500 g/mol. The van der Waals surface area contributed by atoms with E-state index in [1.54, 1.807) is 49.1 Å². The Morgan fingerprint density at radius 2 is 1.83 bits per heavy atom. The number of rotatable bonds is 4. The lowest BCUT2D eigenvalue weighted by Gasteiger charge is -2.36. The Morgan fingerprint density at radius 3 is 2.47 bits per heavy atom. The number of hydrogen-bond donors (Lipinski definition) is 1. The number of methoxy groups -OCH3 is 1. The molecule has 8 nitrogen and oxygen atoms in total. The summed E-state index contributed by atoms with van der Waals surface area (Å²) in [5.74, 6) is -0.863. The molecule has 2 aromatic rings. The van der Waals surface area contributed by atoms with Gasteiger partial charge in [-0.1, -0.05) is 13.8 Å². The molecule has 0 spiro atoms. The zero-order chi connectivity index (χ0) is 26.4. The maximum absolute atomic E-state index is 13.5. The Hall–Kier alpha value is -3.46. The predicted molar refractivity (Wildman–Crippen MR) is 135 cm³/mol. The molecule has 0 radical (unpaired) electrons. The molecule has 9 heteroatoms. The van der Waals surface area contributed by atoms with E-state index >= 15 is 0 Å². The van der Waals surface area contributed by atoms with Gasteiger partial charge >= 0.3 is 0 Å². The van der Waals surface area contributed by atoms with Crippen LogP contribution in [-0.4, -0.2) is 73.5 Å². The lowest BCUT2D eigenvalue weighted by molar-refractivity contribution is -0.115. The van der Waals surface area contributed by atoms with Crippen LogP contribution in [0, 0.1) is 11.7 Å². The van der Waals surface area contributed by atoms with Gasteiger partial charge in [0.15, 0.2) is 0 Å². The summed E-state index contributed by atoms with van der Waals surface area (Å²) in [4.78, 5) is 41.9. The highest BCUT2D eigenvalue weighted by atomic mass is 19.1. The summed E-state index contributed by atoms with van der Waals surface area (Å²) in [5, 5.41) is 2.78. The smallest absolute Gasteiger partial charge is 0.257 e. The number of benzene rings is 2. The van der Waals surface area contributed by atoms with E-state index < -0.39 is 5.82 Å². The Bertz CT molecular complexity index is 1090. The van der Waals surface area contributed by atoms with Crippen molar-refractivity contribution < 1.29 is 28.2 Å². The number of halogens is 1. The number of fused-ring (bicyclic) bond motifs is 1. The van der Waals surface area contributed by atoms with Crippen molar-refractivity contribution >= 4 is 23.4 Å². The monoisotopic (exact) mass is 499 g/mol. The van der Waals surface area contributed by atoms with E-state index in [4.69, 9.17) is 9.47 Å². The van der Waals surface area contributed by atoms with E-state index in [1.807, 2.05) is 13.8 Å². The summed E-state index contributed by atoms with van der Waals surface area (Å²) in [5.41, 5.74) is 1.23. The standard InChI is InChI=1S/C27H34FN3O5/c1-6-25(32)29-21-11-12-22-23(13-21)36-16-18(3)31(26(33)19-7-9-20(28)10-8-19)14-17(2)24(35-5)15-30(4)27(22)34/h7-13,17-18,24H,6,14-16H2,1-5H3,(H,29,32)/t17-,18+,24+/m1/s1. The lowest BCUT2D eigenvalue weighted by atomic mass is 10.0. The van der Waals surface area contributed by atoms with Crippen LogP contribution >= 0.6 is 0 Å². The maximum Gasteiger partial charge on any atom is 0.257 e. The zero-order valence-electron chi connectivity index (χ0n) is 21.4. The molecule has 0 saturated carbocycles. The van der Waals surface area contributed by atoms with E-state index in [2.05, 4.69) is 5.32 Å². The fourth-order valence-electron chi connectivity index (χ4n) is 4.14. The van der Waals surface area contributed by atoms with Gasteiger partial charge in [0.1, 0.15) is 18.2 Å². The van der Waals surface area contributed by atoms with Gasteiger partial charge in [0.05, 0.1) is 17.7 Å². The summed E-state index contributed by atoms with van der Waals surface area (Å²) in [6, 6.07) is 9.98. The minimum atomic E-state index is -0.417. The molecular weight excluding hydrogens is 465 g/mol. The minimum absolute atomic E-state index is 0.104. The molecular formula is C27H34FN3O5. The maximum atomic E-state index is 13.5. The van der Waals surface area contributed by atoms with Crippen LogP contribution in [-0.2, 0) is 9.53 Å². The van der Waals surface area contributed by atoms with Crippen LogP contribution < -0.4 is 10.1 Å². The molecule has 0 saturated heterocycles. The number of hydrogen-bond acceptors (Lipinski definition) is 5. The molecule has 0 fully saturated rings. The number of likely N-dealkylation sites (N-methyl/N-ethyl adjacent to an activating group) is 1. The number of anilines is 1. The molecule has 36 heavy (non-hydrogen) atoms. The van der Waals surface area contributed by atoms with Crippen molar-refractivity contribution in [2.75, 3.05) is 39.2 Å². The summed E-state index contributed by atoms with van der Waals surface area (Å²) < 4.78 is 25.3. The highest BCUT2D eigenvalue weighted by molar-refractivity contribution is 5.98. The third-order valence-electron chi connectivity index (χ3n) is 6.40. The molecule has 0 unspecified atom stereocenters. The van der Waals surface area contributed by atoms with E-state index in [9.17, 15) is 18.8 Å². The van der Waals surface area contributed by atoms with Gasteiger partial charge in [-0.15, -0.1) is 0 Å². The van der Waals surface area contributed by atoms with Crippen LogP contribution in [0.4, 0.5) is 10.1 Å². The first kappa shape index (κ1) is 27.1. The topological polar surface area (TPSA) is 88.2 Å². The molecule has 0 bridgehead atoms. The Labute approximate surface area is 211 Å². The SMILES string of the molecule is CCC(=O)Nc1ccc2c(c1)OC[C@H](C)N(C(=O)c1ccc(F)cc1)C[C@@H](C)[C@@H](OC)CN(C)C2=O. The Balaban J connectivity index is 1.99. The van der Waals surface area contributed by atoms with E-state index in [1.165, 1.54) is 24.3 Å². The second kappa shape index (κ2) is 12.0. The normalized spacial score (nSPS) is 21.1. The zero-order valence-corrected chi connectivity index (χ0v) is 21.4. The van der Waals surface area contributed by atoms with Gasteiger partial charge in [0.25, 0.3) is 11.8 Å². The minimum Gasteiger partial charge on any atom is -0.491 e. The second-order valence-electron chi connectivity index (χ2n) is 9.17. The molecule has 3 amide bonds. The van der Waals surface area contributed by atoms with Crippen molar-refractivity contribution in [2.45, 2.75) is 39.3 Å². The van der Waals surface area contributed by atoms with Gasteiger partial charge in [-0.2, -0.15) is 0 Å². The number of amides is 3. The molecule has 3 rings (SSSR count). The van der Waals surface area contributed by atoms with E-state index in [0.29, 0.717) is 42.1 Å². The van der Waals surface area contributed by atoms with Gasteiger partial charge in [0, 0.05) is 56.9 Å². The lowest BCUT2D eigenvalue weighted by Crippen LogP contribution is -2.48. The van der Waals surface area contributed by atoms with Gasteiger partial charge in [0.2, 0.25) is 5.91 Å². The van der Waals surface area contributed by atoms with Crippen molar-refractivity contribution in [3.63, 3.8) is 0 Å². The van der Waals surface area contributed by atoms with E-state index in [0.717, 1.165) is 0 Å². The fraction of sp³-hybridized carbons (Fsp3) is 0.444. The molecule has 1 N–H and O–H groups in total. The van der Waals surface area contributed by atoms with Gasteiger partial charge in [-0.05, 0) is 43.3 Å². The summed E-state index contributed by atoms with van der Waals surface area (Å²) in [6.07, 6.45) is -0.0187. The fourth-order valence-corrected chi connectivity index (χ4v) is 4.14. The van der Waals surface area contributed by atoms with Crippen molar-refractivity contribution in [3.05, 3.63) is 59.4 Å². The van der Waals surface area contributed by atoms with Crippen molar-refractivity contribution in [2.24, 2.45) is 5.92 Å². The van der Waals surface area contributed by atoms with Crippen molar-refractivity contribution in [3.8, 4) is 5.75 Å². The first-order chi connectivity index (χ1) is 17.1. The first-order valence-corrected chi connectivity index (χ1v) is 12.1. The second-order valence-corrected chi connectivity index (χ2v) is 9.17. The number of nitrogens with zero attached hydrogens (tertiary/aromatic N) is 2. The highest BCUT2D eigenvalue weighted by Gasteiger charge is 2.31. The quantitative estimate of drug-likeness (QED) is 0.691. The summed E-state index contributed by atoms with van der Waals surface area (Å²) >= 11 is 0. The first-order valence-electron chi connectivity index (χ1n) is 12.1. The summed E-state index contributed by atoms with van der Waals surface area (Å²) in [6.45, 7) is 6.33. The Kier molecular flexibility index (Phi) is 9.03. The Morgan fingerprint density at radius 1 is 1.14 bits per heavy atom. The predicted octanol–water partition coefficient (Wildman–Crippen LogP) is 3.82. The average Bonchev–Trinajstić information content (AvgIpc) is 2.87. The molecule has 1 heterocycles. The molecule has 2 aromatic carbocycles. The third-order valence-corrected chi connectivity index (χ3v) is 6.40. The number of ether oxygens (including phenoxy) is 2. The van der Waals surface area contributed by atoms with E-state index in [-0.39, 0.29) is 42.4 Å². The van der Waals surface area contributed by atoms with Crippen LogP contribution in [0.25, 0.3) is 0 Å². The number of carbonyl (C=O) groups excluding carboxylic acids is 3. The van der Waals surface area contributed by atoms with Gasteiger partial charge in [-0.3, -0.25) is 14.4 Å². The molecule has 1 aliphatic rings. The third kappa shape index (κ3) is 6.40. The van der Waals surface area contributed by atoms with Gasteiger partial charge < -0.3 is 24.6 Å². The molecule has 0 aliphatic carbocycles. The number of nitrogens with one attached hydrogen (secondary N) is 1. The van der Waals surface area contributed by atoms with Crippen molar-refractivity contribution in [1.29, 1.82) is 0 Å². The van der Waals surface area contributed by atoms with Crippen LogP contribution in [0.1, 0.15) is 47.9 Å². The van der Waals surface area contributed by atoms with Crippen LogP contribution in [0.15, 0.2) is 42.5 Å². The molecule has 194 valence electrons. The van der Waals surface area contributed by atoms with Crippen LogP contribution in [0.2, 0.25) is 0 Å². The van der Waals surface area contributed by atoms with Crippen LogP contribution in [0.5, 0.6) is 5.75 Å². The number of carbonyl (C=O) groups is 3. The van der Waals surface area contributed by atoms with Crippen LogP contribution in [0.3, 0.4) is 0 Å².